The Morgan fingerprint density at radius 3 is 2.65 bits per heavy atom. The molecule has 1 aliphatic heterocycles. The van der Waals surface area contributed by atoms with Gasteiger partial charge in [0.1, 0.15) is 0 Å². The van der Waals surface area contributed by atoms with Crippen LogP contribution in [-0.4, -0.2) is 44.0 Å². The van der Waals surface area contributed by atoms with Crippen molar-refractivity contribution < 1.29 is 4.79 Å². The van der Waals surface area contributed by atoms with Crippen LogP contribution in [0.5, 0.6) is 0 Å². The van der Waals surface area contributed by atoms with Crippen LogP contribution in [0.2, 0.25) is 0 Å². The Hall–Kier alpha value is -1.55. The van der Waals surface area contributed by atoms with Crippen molar-refractivity contribution >= 4 is 11.6 Å². The van der Waals surface area contributed by atoms with Crippen molar-refractivity contribution in [2.75, 3.05) is 38.1 Å². The van der Waals surface area contributed by atoms with Gasteiger partial charge in [0, 0.05) is 31.9 Å². The van der Waals surface area contributed by atoms with Gasteiger partial charge in [0.15, 0.2) is 0 Å². The van der Waals surface area contributed by atoms with Gasteiger partial charge in [-0.1, -0.05) is 24.6 Å². The molecule has 4 nitrogen and oxygen atoms in total. The quantitative estimate of drug-likeness (QED) is 0.840. The Balaban J connectivity index is 1.50. The van der Waals surface area contributed by atoms with Crippen molar-refractivity contribution in [1.29, 1.82) is 0 Å². The van der Waals surface area contributed by atoms with Crippen molar-refractivity contribution in [3.8, 4) is 0 Å². The molecule has 23 heavy (non-hydrogen) atoms. The minimum atomic E-state index is 0.151. The first-order valence-corrected chi connectivity index (χ1v) is 9.00. The molecular weight excluding hydrogens is 286 g/mol. The minimum absolute atomic E-state index is 0.151. The average molecular weight is 315 g/mol. The Morgan fingerprint density at radius 1 is 1.22 bits per heavy atom. The lowest BCUT2D eigenvalue weighted by molar-refractivity contribution is -0.122. The first-order chi connectivity index (χ1) is 11.2. The third-order valence-corrected chi connectivity index (χ3v) is 5.10. The number of nitrogens with one attached hydrogen (secondary N) is 1. The van der Waals surface area contributed by atoms with Crippen molar-refractivity contribution in [1.82, 2.24) is 10.2 Å². The Labute approximate surface area is 139 Å². The number of rotatable bonds is 7. The largest absolute Gasteiger partial charge is 0.371 e. The predicted octanol–water partition coefficient (Wildman–Crippen LogP) is 2.63. The lowest BCUT2D eigenvalue weighted by atomic mass is 9.85. The molecule has 0 spiro atoms. The number of likely N-dealkylation sites (N-methyl/N-ethyl adjacent to an activating group) is 1. The zero-order valence-corrected chi connectivity index (χ0v) is 14.3. The summed E-state index contributed by atoms with van der Waals surface area (Å²) in [4.78, 5) is 16.7. The Kier molecular flexibility index (Phi) is 5.55. The monoisotopic (exact) mass is 315 g/mol. The first-order valence-electron chi connectivity index (χ1n) is 9.00. The molecule has 2 aliphatic rings. The smallest absolute Gasteiger partial charge is 0.234 e. The van der Waals surface area contributed by atoms with Gasteiger partial charge in [-0.3, -0.25) is 9.69 Å². The summed E-state index contributed by atoms with van der Waals surface area (Å²) in [5.41, 5.74) is 2.66. The van der Waals surface area contributed by atoms with Crippen molar-refractivity contribution in [2.45, 2.75) is 38.6 Å². The molecular formula is C19H29N3O. The summed E-state index contributed by atoms with van der Waals surface area (Å²) in [7, 11) is 2.03. The molecule has 126 valence electrons. The molecule has 1 aromatic carbocycles. The van der Waals surface area contributed by atoms with Gasteiger partial charge in [-0.25, -0.2) is 0 Å². The number of nitrogens with zero attached hydrogens (tertiary/aromatic N) is 2. The molecule has 1 saturated heterocycles. The molecule has 1 aromatic rings. The zero-order chi connectivity index (χ0) is 16.1. The van der Waals surface area contributed by atoms with Crippen LogP contribution < -0.4 is 10.2 Å². The second-order valence-corrected chi connectivity index (χ2v) is 7.10. The number of carbonyl (C=O) groups excluding carboxylic acids is 1. The average Bonchev–Trinajstić information content (AvgIpc) is 3.00. The van der Waals surface area contributed by atoms with E-state index in [0.717, 1.165) is 32.1 Å². The van der Waals surface area contributed by atoms with Crippen LogP contribution in [0.1, 0.15) is 37.7 Å². The lowest BCUT2D eigenvalue weighted by Gasteiger charge is -2.26. The summed E-state index contributed by atoms with van der Waals surface area (Å²) < 4.78 is 0. The van der Waals surface area contributed by atoms with E-state index in [1.54, 1.807) is 0 Å². The molecule has 3 rings (SSSR count). The molecule has 1 saturated carbocycles. The highest BCUT2D eigenvalue weighted by Gasteiger charge is 2.19. The van der Waals surface area contributed by atoms with Crippen LogP contribution in [0.15, 0.2) is 24.3 Å². The van der Waals surface area contributed by atoms with Crippen LogP contribution in [0.4, 0.5) is 5.69 Å². The SMILES string of the molecule is CN(CC(=O)NCC1CCC1)Cc1ccccc1N1CCCC1. The summed E-state index contributed by atoms with van der Waals surface area (Å²) in [6.07, 6.45) is 6.45. The molecule has 2 fully saturated rings. The zero-order valence-electron chi connectivity index (χ0n) is 14.3. The van der Waals surface area contributed by atoms with Gasteiger partial charge in [-0.05, 0) is 50.3 Å². The fourth-order valence-corrected chi connectivity index (χ4v) is 3.51. The van der Waals surface area contributed by atoms with Crippen LogP contribution in [0.25, 0.3) is 0 Å². The molecule has 1 heterocycles. The topological polar surface area (TPSA) is 35.6 Å². The standard InChI is InChI=1S/C19H29N3O/c1-21(15-19(23)20-13-16-7-6-8-16)14-17-9-2-3-10-18(17)22-11-4-5-12-22/h2-3,9-10,16H,4-8,11-15H2,1H3,(H,20,23). The third-order valence-electron chi connectivity index (χ3n) is 5.10. The number of anilines is 1. The summed E-state index contributed by atoms with van der Waals surface area (Å²) in [5.74, 6) is 0.873. The van der Waals surface area contributed by atoms with Gasteiger partial charge in [-0.15, -0.1) is 0 Å². The molecule has 4 heteroatoms. The van der Waals surface area contributed by atoms with E-state index in [1.807, 2.05) is 7.05 Å². The van der Waals surface area contributed by atoms with Crippen LogP contribution in [-0.2, 0) is 11.3 Å². The highest BCUT2D eigenvalue weighted by molar-refractivity contribution is 5.78. The van der Waals surface area contributed by atoms with Gasteiger partial charge >= 0.3 is 0 Å². The van der Waals surface area contributed by atoms with Crippen molar-refractivity contribution in [3.05, 3.63) is 29.8 Å². The number of benzene rings is 1. The van der Waals surface area contributed by atoms with Crippen LogP contribution in [0, 0.1) is 5.92 Å². The number of para-hydroxylation sites is 1. The summed E-state index contributed by atoms with van der Waals surface area (Å²) in [6, 6.07) is 8.61. The van der Waals surface area contributed by atoms with E-state index in [9.17, 15) is 4.79 Å². The lowest BCUT2D eigenvalue weighted by Crippen LogP contribution is -2.38. The number of hydrogen-bond acceptors (Lipinski definition) is 3. The molecule has 0 bridgehead atoms. The molecule has 1 N–H and O–H groups in total. The fraction of sp³-hybridized carbons (Fsp3) is 0.632. The summed E-state index contributed by atoms with van der Waals surface area (Å²) >= 11 is 0. The molecule has 0 unspecified atom stereocenters. The second-order valence-electron chi connectivity index (χ2n) is 7.10. The highest BCUT2D eigenvalue weighted by Crippen LogP contribution is 2.26. The molecule has 0 atom stereocenters. The first kappa shape index (κ1) is 16.3. The molecule has 1 amide bonds. The maximum Gasteiger partial charge on any atom is 0.234 e. The van der Waals surface area contributed by atoms with Crippen molar-refractivity contribution in [3.63, 3.8) is 0 Å². The van der Waals surface area contributed by atoms with E-state index >= 15 is 0 Å². The Morgan fingerprint density at radius 2 is 1.96 bits per heavy atom. The highest BCUT2D eigenvalue weighted by atomic mass is 16.2. The normalized spacial score (nSPS) is 18.3. The van der Waals surface area contributed by atoms with Crippen molar-refractivity contribution in [2.24, 2.45) is 5.92 Å². The van der Waals surface area contributed by atoms with Gasteiger partial charge in [0.05, 0.1) is 6.54 Å². The van der Waals surface area contributed by atoms with E-state index in [1.165, 1.54) is 43.4 Å². The fourth-order valence-electron chi connectivity index (χ4n) is 3.51. The number of hydrogen-bond donors (Lipinski definition) is 1. The Bertz CT molecular complexity index is 521. The molecule has 0 aromatic heterocycles. The second kappa shape index (κ2) is 7.82. The number of amides is 1. The van der Waals surface area contributed by atoms with Gasteiger partial charge in [0.25, 0.3) is 0 Å². The maximum absolute atomic E-state index is 12.1. The van der Waals surface area contributed by atoms with E-state index in [0.29, 0.717) is 6.54 Å². The summed E-state index contributed by atoms with van der Waals surface area (Å²) in [6.45, 7) is 4.47. The third kappa shape index (κ3) is 4.47. The van der Waals surface area contributed by atoms with E-state index in [-0.39, 0.29) is 5.91 Å². The predicted molar refractivity (Wildman–Crippen MR) is 94.6 cm³/mol. The van der Waals surface area contributed by atoms with Gasteiger partial charge in [0.2, 0.25) is 5.91 Å². The van der Waals surface area contributed by atoms with E-state index in [4.69, 9.17) is 0 Å². The number of carbonyl (C=O) groups is 1. The van der Waals surface area contributed by atoms with Gasteiger partial charge in [-0.2, -0.15) is 0 Å². The molecule has 0 radical (unpaired) electrons. The van der Waals surface area contributed by atoms with E-state index in [2.05, 4.69) is 39.4 Å². The minimum Gasteiger partial charge on any atom is -0.371 e. The maximum atomic E-state index is 12.1. The van der Waals surface area contributed by atoms with E-state index < -0.39 is 0 Å². The summed E-state index contributed by atoms with van der Waals surface area (Å²) in [5, 5.41) is 3.08. The molecule has 1 aliphatic carbocycles. The van der Waals surface area contributed by atoms with Crippen LogP contribution >= 0.6 is 0 Å². The van der Waals surface area contributed by atoms with Gasteiger partial charge < -0.3 is 10.2 Å². The van der Waals surface area contributed by atoms with Crippen LogP contribution in [0.3, 0.4) is 0 Å².